The maximum absolute atomic E-state index is 14.7. The number of amides is 1. The fourth-order valence-corrected chi connectivity index (χ4v) is 4.60. The van der Waals surface area contributed by atoms with E-state index in [0.29, 0.717) is 49.9 Å². The second-order valence-corrected chi connectivity index (χ2v) is 9.42. The number of hydrogen-bond donors (Lipinski definition) is 2. The van der Waals surface area contributed by atoms with Crippen molar-refractivity contribution >= 4 is 17.6 Å². The van der Waals surface area contributed by atoms with Crippen molar-refractivity contribution in [2.24, 2.45) is 10.1 Å². The molecule has 2 atom stereocenters. The van der Waals surface area contributed by atoms with Crippen molar-refractivity contribution < 1.29 is 27.8 Å². The molecule has 4 aliphatic heterocycles. The third-order valence-corrected chi connectivity index (χ3v) is 6.79. The number of nitrogens with zero attached hydrogens (tertiary/aromatic N) is 4. The summed E-state index contributed by atoms with van der Waals surface area (Å²) in [4.78, 5) is 19.9. The second-order valence-electron chi connectivity index (χ2n) is 9.42. The van der Waals surface area contributed by atoms with Gasteiger partial charge in [-0.2, -0.15) is 5.10 Å². The van der Waals surface area contributed by atoms with Gasteiger partial charge in [-0.15, -0.1) is 0 Å². The molecule has 5 rings (SSSR count). The lowest BCUT2D eigenvalue weighted by Gasteiger charge is -2.38. The van der Waals surface area contributed by atoms with Crippen LogP contribution in [0.15, 0.2) is 51.9 Å². The Kier molecular flexibility index (Phi) is 5.82. The number of likely N-dealkylation sites (tertiary alicyclic amines) is 1. The van der Waals surface area contributed by atoms with E-state index >= 15 is 0 Å². The highest BCUT2D eigenvalue weighted by Gasteiger charge is 2.42. The minimum Gasteiger partial charge on any atom is -0.497 e. The molecular weight excluding hydrogens is 463 g/mol. The lowest BCUT2D eigenvalue weighted by molar-refractivity contribution is -0.117. The molecule has 4 aliphatic rings. The first-order valence-corrected chi connectivity index (χ1v) is 11.5. The van der Waals surface area contributed by atoms with Gasteiger partial charge in [-0.05, 0) is 32.8 Å². The Morgan fingerprint density at radius 1 is 1.29 bits per heavy atom. The van der Waals surface area contributed by atoms with Crippen LogP contribution in [0, 0.1) is 5.82 Å². The zero-order valence-corrected chi connectivity index (χ0v) is 19.3. The van der Waals surface area contributed by atoms with E-state index in [-0.39, 0.29) is 17.2 Å². The largest absolute Gasteiger partial charge is 0.497 e. The number of ether oxygens (including phenoxy) is 1. The Bertz CT molecular complexity index is 1170. The number of halogens is 3. The molecule has 0 aromatic heterocycles. The van der Waals surface area contributed by atoms with Crippen molar-refractivity contribution in [3.8, 4) is 0 Å². The Morgan fingerprint density at radius 3 is 2.71 bits per heavy atom. The molecule has 1 aromatic rings. The third kappa shape index (κ3) is 4.29. The Labute approximate surface area is 200 Å². The van der Waals surface area contributed by atoms with Gasteiger partial charge in [-0.3, -0.25) is 4.79 Å². The number of rotatable bonds is 4. The number of hydrazone groups is 1. The lowest BCUT2D eigenvalue weighted by Crippen LogP contribution is -2.48. The summed E-state index contributed by atoms with van der Waals surface area (Å²) >= 11 is 0. The molecule has 0 bridgehead atoms. The number of carbonyl (C=O) groups is 1. The molecule has 8 nitrogen and oxygen atoms in total. The summed E-state index contributed by atoms with van der Waals surface area (Å²) in [7, 11) is 0. The van der Waals surface area contributed by atoms with Crippen molar-refractivity contribution in [3.63, 3.8) is 0 Å². The number of alkyl halides is 2. The molecule has 1 amide bonds. The Hall–Kier alpha value is -3.34. The summed E-state index contributed by atoms with van der Waals surface area (Å²) in [6.45, 7) is 4.79. The molecule has 1 aromatic carbocycles. The van der Waals surface area contributed by atoms with Crippen LogP contribution in [0.4, 0.5) is 13.2 Å². The summed E-state index contributed by atoms with van der Waals surface area (Å²) in [5.41, 5.74) is -0.606. The quantitative estimate of drug-likeness (QED) is 0.679. The van der Waals surface area contributed by atoms with Crippen LogP contribution in [0.1, 0.15) is 50.3 Å². The highest BCUT2D eigenvalue weighted by molar-refractivity contribution is 6.26. The molecule has 11 heteroatoms. The zero-order chi connectivity index (χ0) is 24.9. The maximum atomic E-state index is 14.7. The van der Waals surface area contributed by atoms with Crippen LogP contribution in [-0.2, 0) is 9.53 Å². The summed E-state index contributed by atoms with van der Waals surface area (Å²) in [5.74, 6) is -0.659. The first-order valence-electron chi connectivity index (χ1n) is 11.5. The minimum atomic E-state index is -2.96. The number of nitrogens with one attached hydrogen (secondary N) is 1. The van der Waals surface area contributed by atoms with Gasteiger partial charge in [0.1, 0.15) is 36.3 Å². The molecule has 1 fully saturated rings. The average Bonchev–Trinajstić information content (AvgIpc) is 3.40. The predicted molar refractivity (Wildman–Crippen MR) is 122 cm³/mol. The van der Waals surface area contributed by atoms with Crippen molar-refractivity contribution in [2.75, 3.05) is 19.7 Å². The highest BCUT2D eigenvalue weighted by atomic mass is 19.3. The SMILES string of the molecule is C[C@@H](NC(=O)C1=CC(N2CCC(C)(O)CC2)=NN2C1=NC1=COC[C@@H]12)c1cccc(C(F)F)c1F. The number of amidine groups is 2. The second kappa shape index (κ2) is 8.71. The molecule has 186 valence electrons. The van der Waals surface area contributed by atoms with Crippen molar-refractivity contribution in [1.82, 2.24) is 15.2 Å². The van der Waals surface area contributed by atoms with Crippen LogP contribution in [-0.4, -0.2) is 63.9 Å². The third-order valence-electron chi connectivity index (χ3n) is 6.79. The number of benzene rings is 1. The van der Waals surface area contributed by atoms with Crippen LogP contribution < -0.4 is 5.32 Å². The van der Waals surface area contributed by atoms with Gasteiger partial charge < -0.3 is 20.1 Å². The van der Waals surface area contributed by atoms with Crippen LogP contribution >= 0.6 is 0 Å². The van der Waals surface area contributed by atoms with Crippen LogP contribution in [0.3, 0.4) is 0 Å². The van der Waals surface area contributed by atoms with Gasteiger partial charge >= 0.3 is 0 Å². The first kappa shape index (κ1) is 23.4. The first-order chi connectivity index (χ1) is 16.6. The van der Waals surface area contributed by atoms with Gasteiger partial charge in [0.15, 0.2) is 5.84 Å². The van der Waals surface area contributed by atoms with Crippen LogP contribution in [0.5, 0.6) is 0 Å². The molecule has 2 N–H and O–H groups in total. The molecule has 0 aliphatic carbocycles. The monoisotopic (exact) mass is 489 g/mol. The van der Waals surface area contributed by atoms with E-state index in [2.05, 4.69) is 10.3 Å². The molecule has 0 spiro atoms. The van der Waals surface area contributed by atoms with Crippen molar-refractivity contribution in [3.05, 3.63) is 58.8 Å². The van der Waals surface area contributed by atoms with Crippen molar-refractivity contribution in [2.45, 2.75) is 50.8 Å². The van der Waals surface area contributed by atoms with E-state index in [9.17, 15) is 23.1 Å². The fourth-order valence-electron chi connectivity index (χ4n) is 4.60. The molecule has 0 unspecified atom stereocenters. The van der Waals surface area contributed by atoms with Gasteiger partial charge in [0.2, 0.25) is 0 Å². The molecule has 35 heavy (non-hydrogen) atoms. The Morgan fingerprint density at radius 2 is 2.00 bits per heavy atom. The minimum absolute atomic E-state index is 0.0297. The van der Waals surface area contributed by atoms with E-state index in [0.717, 1.165) is 6.07 Å². The van der Waals surface area contributed by atoms with E-state index in [1.165, 1.54) is 25.3 Å². The van der Waals surface area contributed by atoms with Gasteiger partial charge in [-0.25, -0.2) is 23.2 Å². The van der Waals surface area contributed by atoms with Gasteiger partial charge in [0.05, 0.1) is 22.8 Å². The molecule has 0 saturated carbocycles. The standard InChI is InChI=1S/C24H26F3N5O3/c1-13(14-4-3-5-15(20(14)25)21(26)27)28-23(33)16-10-19(31-8-6-24(2,34)7-9-31)30-32-18-12-35-11-17(18)29-22(16)32/h3-5,10-11,13,18,21,34H,6-9,12H2,1-2H3,(H,28,33)/t13-,18+/m1/s1. The number of fused-ring (bicyclic) bond motifs is 3. The van der Waals surface area contributed by atoms with Gasteiger partial charge in [0, 0.05) is 18.7 Å². The number of aliphatic imine (C=N–C) groups is 1. The topological polar surface area (TPSA) is 89.8 Å². The fraction of sp³-hybridized carbons (Fsp3) is 0.458. The summed E-state index contributed by atoms with van der Waals surface area (Å²) in [6, 6.07) is 2.61. The van der Waals surface area contributed by atoms with E-state index in [1.54, 1.807) is 18.0 Å². The summed E-state index contributed by atoms with van der Waals surface area (Å²) < 4.78 is 46.3. The predicted octanol–water partition coefficient (Wildman–Crippen LogP) is 3.00. The van der Waals surface area contributed by atoms with Gasteiger partial charge in [-0.1, -0.05) is 18.2 Å². The van der Waals surface area contributed by atoms with Crippen molar-refractivity contribution in [1.29, 1.82) is 0 Å². The smallest absolute Gasteiger partial charge is 0.266 e. The normalized spacial score (nSPS) is 23.6. The van der Waals surface area contributed by atoms with E-state index < -0.39 is 35.4 Å². The Balaban J connectivity index is 1.43. The highest BCUT2D eigenvalue weighted by Crippen LogP contribution is 2.33. The summed E-state index contributed by atoms with van der Waals surface area (Å²) in [5, 5.41) is 19.4. The van der Waals surface area contributed by atoms with E-state index in [1.807, 2.05) is 4.90 Å². The number of carbonyl (C=O) groups excluding carboxylic acids is 1. The molecule has 1 saturated heterocycles. The maximum Gasteiger partial charge on any atom is 0.266 e. The molecule has 0 radical (unpaired) electrons. The molecular formula is C24H26F3N5O3. The van der Waals surface area contributed by atoms with Crippen LogP contribution in [0.25, 0.3) is 0 Å². The van der Waals surface area contributed by atoms with Crippen LogP contribution in [0.2, 0.25) is 0 Å². The van der Waals surface area contributed by atoms with Gasteiger partial charge in [0.25, 0.3) is 12.3 Å². The number of piperidine rings is 1. The molecule has 4 heterocycles. The lowest BCUT2D eigenvalue weighted by atomic mass is 9.93. The number of hydrogen-bond acceptors (Lipinski definition) is 7. The van der Waals surface area contributed by atoms with E-state index in [4.69, 9.17) is 9.84 Å². The number of aliphatic hydroxyl groups is 1. The zero-order valence-electron chi connectivity index (χ0n) is 19.3. The average molecular weight is 489 g/mol. The summed E-state index contributed by atoms with van der Waals surface area (Å²) in [6.07, 6.45) is 1.31.